The first kappa shape index (κ1) is 23.5. The number of carbonyl (C=O) groups excluding carboxylic acids is 4. The van der Waals surface area contributed by atoms with E-state index < -0.39 is 18.5 Å². The van der Waals surface area contributed by atoms with Crippen molar-refractivity contribution in [2.24, 2.45) is 23.7 Å². The number of carbonyl (C=O) groups is 4. The molecule has 3 aliphatic rings. The minimum absolute atomic E-state index is 0.136. The van der Waals surface area contributed by atoms with Crippen molar-refractivity contribution < 1.29 is 23.9 Å². The zero-order valence-corrected chi connectivity index (χ0v) is 21.2. The Morgan fingerprint density at radius 3 is 2.31 bits per heavy atom. The number of halogens is 1. The lowest BCUT2D eigenvalue weighted by Gasteiger charge is -2.19. The lowest BCUT2D eigenvalue weighted by Crippen LogP contribution is -2.33. The molecule has 0 radical (unpaired) electrons. The summed E-state index contributed by atoms with van der Waals surface area (Å²) in [5.74, 6) is -1.71. The summed E-state index contributed by atoms with van der Waals surface area (Å²) in [5.41, 5.74) is 4.46. The lowest BCUT2D eigenvalue weighted by atomic mass is 9.82. The summed E-state index contributed by atoms with van der Waals surface area (Å²) in [6.45, 7) is 5.45. The van der Waals surface area contributed by atoms with Gasteiger partial charge in [0.15, 0.2) is 6.61 Å². The zero-order chi connectivity index (χ0) is 25.0. The molecule has 2 bridgehead atoms. The van der Waals surface area contributed by atoms with Gasteiger partial charge in [-0.15, -0.1) is 0 Å². The molecule has 4 atom stereocenters. The van der Waals surface area contributed by atoms with Crippen LogP contribution in [0.2, 0.25) is 0 Å². The number of hydrogen-bond donors (Lipinski definition) is 1. The molecule has 1 aliphatic heterocycles. The standard InChI is InChI=1S/C27H25BrN2O5/c1-13-8-17-11-20(13)23-22(17)25(32)30(26(23)33)19-6-4-16(5-7-19)27(34)35-12-21(31)29-18-9-14(2)24(28)15(3)10-18/h4-10,17,20,22-23H,11-12H2,1-3H3,(H,29,31)/t17-,20+,22-,23+/m0/s1. The van der Waals surface area contributed by atoms with Gasteiger partial charge in [-0.25, -0.2) is 4.79 Å². The van der Waals surface area contributed by atoms with Crippen molar-refractivity contribution in [3.63, 3.8) is 0 Å². The zero-order valence-electron chi connectivity index (χ0n) is 19.6. The molecule has 180 valence electrons. The molecule has 0 spiro atoms. The minimum atomic E-state index is -0.663. The maximum atomic E-state index is 13.1. The summed E-state index contributed by atoms with van der Waals surface area (Å²) in [7, 11) is 0. The van der Waals surface area contributed by atoms with Gasteiger partial charge >= 0.3 is 5.97 Å². The second-order valence-corrected chi connectivity index (χ2v) is 10.4. The Labute approximate surface area is 211 Å². The number of allylic oxidation sites excluding steroid dienone is 2. The molecule has 0 aromatic heterocycles. The molecular weight excluding hydrogens is 512 g/mol. The van der Waals surface area contributed by atoms with Gasteiger partial charge in [-0.3, -0.25) is 19.3 Å². The Balaban J connectivity index is 1.20. The average Bonchev–Trinajstić information content (AvgIpc) is 3.46. The van der Waals surface area contributed by atoms with Crippen LogP contribution in [0.15, 0.2) is 52.5 Å². The van der Waals surface area contributed by atoms with Gasteiger partial charge in [0.25, 0.3) is 5.91 Å². The molecule has 3 amide bonds. The van der Waals surface area contributed by atoms with Crippen LogP contribution in [0.4, 0.5) is 11.4 Å². The predicted molar refractivity (Wildman–Crippen MR) is 134 cm³/mol. The normalized spacial score (nSPS) is 24.5. The van der Waals surface area contributed by atoms with Crippen LogP contribution in [-0.2, 0) is 19.1 Å². The van der Waals surface area contributed by atoms with Gasteiger partial charge in [0.05, 0.1) is 23.1 Å². The van der Waals surface area contributed by atoms with Crippen LogP contribution in [0.3, 0.4) is 0 Å². The summed E-state index contributed by atoms with van der Waals surface area (Å²) in [6, 6.07) is 9.81. The maximum Gasteiger partial charge on any atom is 0.338 e. The quantitative estimate of drug-likeness (QED) is 0.343. The summed E-state index contributed by atoms with van der Waals surface area (Å²) < 4.78 is 6.13. The van der Waals surface area contributed by atoms with Gasteiger partial charge in [0.1, 0.15) is 0 Å². The molecule has 0 unspecified atom stereocenters. The smallest absolute Gasteiger partial charge is 0.338 e. The highest BCUT2D eigenvalue weighted by atomic mass is 79.9. The molecule has 2 fully saturated rings. The maximum absolute atomic E-state index is 13.1. The van der Waals surface area contributed by atoms with Gasteiger partial charge in [0.2, 0.25) is 11.8 Å². The van der Waals surface area contributed by atoms with Crippen LogP contribution in [-0.4, -0.2) is 30.3 Å². The molecule has 1 saturated carbocycles. The van der Waals surface area contributed by atoms with Gasteiger partial charge < -0.3 is 10.1 Å². The number of aryl methyl sites for hydroxylation is 2. The number of amides is 3. The molecule has 2 aliphatic carbocycles. The van der Waals surface area contributed by atoms with E-state index in [1.165, 1.54) is 22.6 Å². The third-order valence-electron chi connectivity index (χ3n) is 7.30. The molecule has 2 aromatic carbocycles. The number of fused-ring (bicyclic) bond motifs is 5. The van der Waals surface area contributed by atoms with Crippen LogP contribution in [0.5, 0.6) is 0 Å². The number of benzene rings is 2. The van der Waals surface area contributed by atoms with E-state index in [2.05, 4.69) is 27.3 Å². The van der Waals surface area contributed by atoms with Gasteiger partial charge in [-0.2, -0.15) is 0 Å². The summed E-state index contributed by atoms with van der Waals surface area (Å²) >= 11 is 3.49. The highest BCUT2D eigenvalue weighted by Gasteiger charge is 2.60. The van der Waals surface area contributed by atoms with Crippen LogP contribution in [0.25, 0.3) is 0 Å². The number of imide groups is 1. The van der Waals surface area contributed by atoms with Crippen molar-refractivity contribution in [2.45, 2.75) is 27.2 Å². The lowest BCUT2D eigenvalue weighted by molar-refractivity contribution is -0.123. The van der Waals surface area contributed by atoms with Crippen LogP contribution in [0, 0.1) is 37.5 Å². The third kappa shape index (κ3) is 3.99. The minimum Gasteiger partial charge on any atom is -0.452 e. The predicted octanol–water partition coefficient (Wildman–Crippen LogP) is 4.56. The van der Waals surface area contributed by atoms with Crippen LogP contribution >= 0.6 is 15.9 Å². The first-order valence-corrected chi connectivity index (χ1v) is 12.3. The Morgan fingerprint density at radius 1 is 1.03 bits per heavy atom. The number of anilines is 2. The highest BCUT2D eigenvalue weighted by molar-refractivity contribution is 9.10. The molecule has 1 heterocycles. The van der Waals surface area contributed by atoms with Gasteiger partial charge in [-0.1, -0.05) is 27.6 Å². The molecule has 1 saturated heterocycles. The van der Waals surface area contributed by atoms with Crippen LogP contribution < -0.4 is 10.2 Å². The SMILES string of the molecule is CC1=C[C@H]2C[C@H]1[C@H]1C(=O)N(c3ccc(C(=O)OCC(=O)Nc4cc(C)c(Br)c(C)c4)cc3)C(=O)[C@H]12. The third-order valence-corrected chi connectivity index (χ3v) is 8.55. The van der Waals surface area contributed by atoms with E-state index in [1.807, 2.05) is 32.9 Å². The van der Waals surface area contributed by atoms with Gasteiger partial charge in [-0.05, 0) is 86.6 Å². The number of hydrogen-bond acceptors (Lipinski definition) is 5. The molecule has 2 aromatic rings. The van der Waals surface area contributed by atoms with Crippen molar-refractivity contribution in [1.29, 1.82) is 0 Å². The fraction of sp³-hybridized carbons (Fsp3) is 0.333. The molecule has 7 nitrogen and oxygen atoms in total. The van der Waals surface area contributed by atoms with E-state index in [1.54, 1.807) is 12.1 Å². The summed E-state index contributed by atoms with van der Waals surface area (Å²) in [4.78, 5) is 52.1. The molecule has 35 heavy (non-hydrogen) atoms. The number of nitrogens with one attached hydrogen (secondary N) is 1. The fourth-order valence-corrected chi connectivity index (χ4v) is 5.93. The number of nitrogens with zero attached hydrogens (tertiary/aromatic N) is 1. The second-order valence-electron chi connectivity index (χ2n) is 9.58. The first-order valence-electron chi connectivity index (χ1n) is 11.6. The monoisotopic (exact) mass is 536 g/mol. The van der Waals surface area contributed by atoms with Crippen molar-refractivity contribution in [1.82, 2.24) is 0 Å². The fourth-order valence-electron chi connectivity index (χ4n) is 5.70. The second kappa shape index (κ2) is 8.75. The van der Waals surface area contributed by atoms with Gasteiger partial charge in [0, 0.05) is 10.2 Å². The number of ether oxygens (including phenoxy) is 1. The van der Waals surface area contributed by atoms with Crippen LogP contribution in [0.1, 0.15) is 34.8 Å². The first-order chi connectivity index (χ1) is 16.7. The number of rotatable bonds is 5. The molecule has 5 rings (SSSR count). The topological polar surface area (TPSA) is 92.8 Å². The van der Waals surface area contributed by atoms with E-state index in [-0.39, 0.29) is 41.0 Å². The Kier molecular flexibility index (Phi) is 5.87. The average molecular weight is 537 g/mol. The summed E-state index contributed by atoms with van der Waals surface area (Å²) in [6.07, 6.45) is 3.01. The van der Waals surface area contributed by atoms with Crippen molar-refractivity contribution >= 4 is 51.0 Å². The molecule has 8 heteroatoms. The van der Waals surface area contributed by atoms with E-state index >= 15 is 0 Å². The largest absolute Gasteiger partial charge is 0.452 e. The van der Waals surface area contributed by atoms with E-state index in [9.17, 15) is 19.2 Å². The van der Waals surface area contributed by atoms with Crippen molar-refractivity contribution in [2.75, 3.05) is 16.8 Å². The summed E-state index contributed by atoms with van der Waals surface area (Å²) in [5, 5.41) is 2.73. The van der Waals surface area contributed by atoms with E-state index in [0.29, 0.717) is 11.4 Å². The number of esters is 1. The Morgan fingerprint density at radius 2 is 1.66 bits per heavy atom. The van der Waals surface area contributed by atoms with Crippen molar-refractivity contribution in [3.8, 4) is 0 Å². The highest BCUT2D eigenvalue weighted by Crippen LogP contribution is 2.55. The molecular formula is C27H25BrN2O5. The van der Waals surface area contributed by atoms with E-state index in [0.717, 1.165) is 22.0 Å². The molecule has 1 N–H and O–H groups in total. The Bertz CT molecular complexity index is 1280. The Hall–Kier alpha value is -3.26. The van der Waals surface area contributed by atoms with E-state index in [4.69, 9.17) is 4.74 Å². The van der Waals surface area contributed by atoms with Crippen molar-refractivity contribution in [3.05, 3.63) is 69.2 Å².